The summed E-state index contributed by atoms with van der Waals surface area (Å²) < 4.78 is 7.36. The second kappa shape index (κ2) is 6.96. The molecule has 0 saturated carbocycles. The number of thiophene rings is 1. The molecular weight excluding hydrogens is 374 g/mol. The highest BCUT2D eigenvalue weighted by Gasteiger charge is 2.32. The number of aliphatic imine (C=N–C) groups is 1. The lowest BCUT2D eigenvalue weighted by Gasteiger charge is -2.11. The topological polar surface area (TPSA) is 72.6 Å². The van der Waals surface area contributed by atoms with E-state index in [4.69, 9.17) is 9.73 Å². The van der Waals surface area contributed by atoms with Crippen molar-refractivity contribution >= 4 is 23.0 Å². The molecule has 2 aromatic heterocycles. The molecule has 8 heteroatoms. The highest BCUT2D eigenvalue weighted by molar-refractivity contribution is 7.15. The van der Waals surface area contributed by atoms with Gasteiger partial charge >= 0.3 is 0 Å². The SMILES string of the molecule is COC1N=C(c2ccccc2)c2c(sc(C)c2C)-n2nc(C(=O)N(C)C)nc21. The highest BCUT2D eigenvalue weighted by Crippen LogP contribution is 2.37. The Morgan fingerprint density at radius 3 is 2.57 bits per heavy atom. The van der Waals surface area contributed by atoms with Gasteiger partial charge in [-0.2, -0.15) is 0 Å². The van der Waals surface area contributed by atoms with Crippen LogP contribution in [0.25, 0.3) is 5.00 Å². The molecule has 0 bridgehead atoms. The normalized spacial score (nSPS) is 15.5. The van der Waals surface area contributed by atoms with Gasteiger partial charge in [0.05, 0.1) is 5.71 Å². The third-order valence-corrected chi connectivity index (χ3v) is 5.95. The van der Waals surface area contributed by atoms with Gasteiger partial charge in [-0.1, -0.05) is 30.3 Å². The van der Waals surface area contributed by atoms with Gasteiger partial charge in [0.25, 0.3) is 5.91 Å². The molecule has 0 saturated heterocycles. The van der Waals surface area contributed by atoms with Crippen molar-refractivity contribution in [3.05, 3.63) is 63.5 Å². The van der Waals surface area contributed by atoms with Crippen LogP contribution in [0.1, 0.15) is 44.2 Å². The Kier molecular flexibility index (Phi) is 4.60. The van der Waals surface area contributed by atoms with Crippen LogP contribution < -0.4 is 0 Å². The number of nitrogens with zero attached hydrogens (tertiary/aromatic N) is 5. The zero-order valence-electron chi connectivity index (χ0n) is 16.4. The summed E-state index contributed by atoms with van der Waals surface area (Å²) in [5.41, 5.74) is 3.99. The minimum atomic E-state index is -0.661. The van der Waals surface area contributed by atoms with E-state index in [9.17, 15) is 4.79 Å². The third kappa shape index (κ3) is 2.85. The maximum absolute atomic E-state index is 12.4. The zero-order chi connectivity index (χ0) is 20.0. The zero-order valence-corrected chi connectivity index (χ0v) is 17.2. The first kappa shape index (κ1) is 18.5. The molecule has 3 heterocycles. The lowest BCUT2D eigenvalue weighted by molar-refractivity contribution is 0.0815. The van der Waals surface area contributed by atoms with E-state index in [1.807, 2.05) is 30.3 Å². The van der Waals surface area contributed by atoms with Crippen molar-refractivity contribution in [2.45, 2.75) is 20.1 Å². The van der Waals surface area contributed by atoms with Crippen LogP contribution in [0.2, 0.25) is 0 Å². The molecule has 1 atom stereocenters. The van der Waals surface area contributed by atoms with E-state index in [2.05, 4.69) is 23.9 Å². The number of hydrogen-bond donors (Lipinski definition) is 0. The van der Waals surface area contributed by atoms with E-state index in [0.29, 0.717) is 5.82 Å². The molecule has 1 aliphatic heterocycles. The number of rotatable bonds is 3. The first-order valence-electron chi connectivity index (χ1n) is 8.87. The summed E-state index contributed by atoms with van der Waals surface area (Å²) in [6.07, 6.45) is -0.661. The Bertz CT molecular complexity index is 1080. The maximum atomic E-state index is 12.4. The van der Waals surface area contributed by atoms with Gasteiger partial charge in [-0.25, -0.2) is 14.7 Å². The summed E-state index contributed by atoms with van der Waals surface area (Å²) in [7, 11) is 4.94. The van der Waals surface area contributed by atoms with Gasteiger partial charge in [0.2, 0.25) is 12.1 Å². The van der Waals surface area contributed by atoms with E-state index in [1.165, 1.54) is 9.78 Å². The second-order valence-corrected chi connectivity index (χ2v) is 8.00. The average Bonchev–Trinajstić information content (AvgIpc) is 3.22. The van der Waals surface area contributed by atoms with E-state index < -0.39 is 6.23 Å². The molecule has 1 unspecified atom stereocenters. The molecule has 4 rings (SSSR count). The monoisotopic (exact) mass is 395 g/mol. The summed E-state index contributed by atoms with van der Waals surface area (Å²) in [5, 5.41) is 5.43. The number of fused-ring (bicyclic) bond motifs is 3. The molecule has 0 aliphatic carbocycles. The second-order valence-electron chi connectivity index (χ2n) is 6.80. The van der Waals surface area contributed by atoms with Crippen molar-refractivity contribution in [2.24, 2.45) is 4.99 Å². The molecule has 1 amide bonds. The number of aryl methyl sites for hydroxylation is 1. The predicted octanol–water partition coefficient (Wildman–Crippen LogP) is 3.14. The minimum Gasteiger partial charge on any atom is -0.353 e. The Morgan fingerprint density at radius 2 is 1.93 bits per heavy atom. The van der Waals surface area contributed by atoms with Gasteiger partial charge in [-0.15, -0.1) is 16.4 Å². The van der Waals surface area contributed by atoms with E-state index in [-0.39, 0.29) is 11.7 Å². The fraction of sp³-hybridized carbons (Fsp3) is 0.300. The van der Waals surface area contributed by atoms with E-state index >= 15 is 0 Å². The molecule has 0 fully saturated rings. The summed E-state index contributed by atoms with van der Waals surface area (Å²) in [6.45, 7) is 4.16. The van der Waals surface area contributed by atoms with Gasteiger partial charge in [-0.05, 0) is 19.4 Å². The summed E-state index contributed by atoms with van der Waals surface area (Å²) in [4.78, 5) is 24.4. The molecule has 0 spiro atoms. The van der Waals surface area contributed by atoms with Crippen molar-refractivity contribution in [3.63, 3.8) is 0 Å². The maximum Gasteiger partial charge on any atom is 0.293 e. The number of amides is 1. The van der Waals surface area contributed by atoms with Gasteiger partial charge in [0, 0.05) is 37.2 Å². The fourth-order valence-electron chi connectivity index (χ4n) is 3.17. The number of hydrogen-bond acceptors (Lipinski definition) is 6. The summed E-state index contributed by atoms with van der Waals surface area (Å²) in [6, 6.07) is 10.0. The van der Waals surface area contributed by atoms with Crippen molar-refractivity contribution in [1.82, 2.24) is 19.7 Å². The van der Waals surface area contributed by atoms with Gasteiger partial charge in [0.15, 0.2) is 5.82 Å². The van der Waals surface area contributed by atoms with Crippen molar-refractivity contribution in [1.29, 1.82) is 0 Å². The van der Waals surface area contributed by atoms with Crippen LogP contribution in [0.15, 0.2) is 35.3 Å². The van der Waals surface area contributed by atoms with Crippen LogP contribution in [-0.4, -0.2) is 52.5 Å². The van der Waals surface area contributed by atoms with Crippen molar-refractivity contribution in [2.75, 3.05) is 21.2 Å². The van der Waals surface area contributed by atoms with Gasteiger partial charge in [-0.3, -0.25) is 4.79 Å². The number of methoxy groups -OCH3 is 1. The number of carbonyl (C=O) groups excluding carboxylic acids is 1. The fourth-order valence-corrected chi connectivity index (χ4v) is 4.29. The van der Waals surface area contributed by atoms with Crippen LogP contribution in [0.5, 0.6) is 0 Å². The molecule has 0 N–H and O–H groups in total. The number of carbonyl (C=O) groups is 1. The van der Waals surface area contributed by atoms with Crippen LogP contribution in [0, 0.1) is 13.8 Å². The summed E-state index contributed by atoms with van der Waals surface area (Å²) in [5.74, 6) is 0.380. The third-order valence-electron chi connectivity index (χ3n) is 4.76. The largest absolute Gasteiger partial charge is 0.353 e. The minimum absolute atomic E-state index is 0.134. The number of benzene rings is 1. The van der Waals surface area contributed by atoms with Crippen LogP contribution in [-0.2, 0) is 4.74 Å². The Hall–Kier alpha value is -2.84. The molecule has 1 aliphatic rings. The first-order valence-corrected chi connectivity index (χ1v) is 9.69. The van der Waals surface area contributed by atoms with Crippen LogP contribution in [0.4, 0.5) is 0 Å². The van der Waals surface area contributed by atoms with Crippen LogP contribution in [0.3, 0.4) is 0 Å². The van der Waals surface area contributed by atoms with E-state index in [1.54, 1.807) is 37.2 Å². The number of aromatic nitrogens is 3. The standard InChI is InChI=1S/C20H21N5O2S/c1-11-12(2)28-20-14(11)15(13-9-7-6-8-10-13)21-18(27-5)17-22-16(23-25(17)20)19(26)24(3)4/h6-10,18H,1-5H3. The smallest absolute Gasteiger partial charge is 0.293 e. The Morgan fingerprint density at radius 1 is 1.21 bits per heavy atom. The quantitative estimate of drug-likeness (QED) is 0.683. The first-order chi connectivity index (χ1) is 13.4. The predicted molar refractivity (Wildman–Crippen MR) is 109 cm³/mol. The summed E-state index contributed by atoms with van der Waals surface area (Å²) >= 11 is 1.62. The Labute approximate surface area is 167 Å². The molecule has 144 valence electrons. The Balaban J connectivity index is 2.00. The molecule has 28 heavy (non-hydrogen) atoms. The average molecular weight is 395 g/mol. The lowest BCUT2D eigenvalue weighted by Crippen LogP contribution is -2.23. The molecule has 0 radical (unpaired) electrons. The number of ether oxygens (including phenoxy) is 1. The lowest BCUT2D eigenvalue weighted by atomic mass is 10.00. The van der Waals surface area contributed by atoms with Gasteiger partial charge < -0.3 is 9.64 Å². The highest BCUT2D eigenvalue weighted by atomic mass is 32.1. The molecule has 3 aromatic rings. The van der Waals surface area contributed by atoms with Gasteiger partial charge in [0.1, 0.15) is 5.00 Å². The van der Waals surface area contributed by atoms with Crippen molar-refractivity contribution in [3.8, 4) is 5.00 Å². The van der Waals surface area contributed by atoms with Crippen LogP contribution >= 0.6 is 11.3 Å². The van der Waals surface area contributed by atoms with Crippen molar-refractivity contribution < 1.29 is 9.53 Å². The van der Waals surface area contributed by atoms with E-state index in [0.717, 1.165) is 27.4 Å². The molecule has 7 nitrogen and oxygen atoms in total. The molecular formula is C20H21N5O2S. The molecule has 1 aromatic carbocycles.